The van der Waals surface area contributed by atoms with Gasteiger partial charge in [-0.3, -0.25) is 9.52 Å². The Kier molecular flexibility index (Phi) is 6.29. The summed E-state index contributed by atoms with van der Waals surface area (Å²) in [7, 11) is -3.85. The zero-order valence-corrected chi connectivity index (χ0v) is 18.5. The number of benzene rings is 2. The summed E-state index contributed by atoms with van der Waals surface area (Å²) in [6.45, 7) is 2.26. The molecule has 32 heavy (non-hydrogen) atoms. The van der Waals surface area contributed by atoms with Crippen LogP contribution < -0.4 is 9.62 Å². The minimum atomic E-state index is -3.85. The number of hydrogen-bond acceptors (Lipinski definition) is 5. The van der Waals surface area contributed by atoms with Crippen molar-refractivity contribution in [2.45, 2.75) is 4.90 Å². The Morgan fingerprint density at radius 1 is 0.969 bits per heavy atom. The number of halogens is 2. The first-order chi connectivity index (χ1) is 15.3. The third-order valence-corrected chi connectivity index (χ3v) is 6.81. The average Bonchev–Trinajstić information content (AvgIpc) is 2.80. The second kappa shape index (κ2) is 9.13. The van der Waals surface area contributed by atoms with Crippen LogP contribution in [0.25, 0.3) is 0 Å². The van der Waals surface area contributed by atoms with E-state index in [-0.39, 0.29) is 10.8 Å². The van der Waals surface area contributed by atoms with Gasteiger partial charge in [0.1, 0.15) is 11.6 Å². The highest BCUT2D eigenvalue weighted by Gasteiger charge is 2.24. The number of amides is 1. The minimum absolute atomic E-state index is 0.0510. The maximum Gasteiger partial charge on any atom is 0.261 e. The topological polar surface area (TPSA) is 82.6 Å². The van der Waals surface area contributed by atoms with E-state index in [0.717, 1.165) is 12.1 Å². The van der Waals surface area contributed by atoms with E-state index in [1.165, 1.54) is 24.3 Å². The Labute approximate surface area is 190 Å². The van der Waals surface area contributed by atoms with Crippen molar-refractivity contribution in [3.63, 3.8) is 0 Å². The molecule has 10 heteroatoms. The monoisotopic (exact) mass is 474 g/mol. The van der Waals surface area contributed by atoms with Gasteiger partial charge in [-0.15, -0.1) is 0 Å². The molecule has 2 heterocycles. The van der Waals surface area contributed by atoms with Gasteiger partial charge in [-0.1, -0.05) is 11.6 Å². The van der Waals surface area contributed by atoms with Crippen molar-refractivity contribution in [1.82, 2.24) is 9.88 Å². The number of carbonyl (C=O) groups is 1. The smallest absolute Gasteiger partial charge is 0.261 e. The number of nitrogens with one attached hydrogen (secondary N) is 1. The largest absolute Gasteiger partial charge is 0.352 e. The molecule has 2 aromatic carbocycles. The van der Waals surface area contributed by atoms with Crippen molar-refractivity contribution < 1.29 is 17.6 Å². The average molecular weight is 475 g/mol. The molecule has 166 valence electrons. The zero-order valence-electron chi connectivity index (χ0n) is 16.9. The van der Waals surface area contributed by atoms with E-state index in [2.05, 4.69) is 9.71 Å². The Balaban J connectivity index is 1.38. The van der Waals surface area contributed by atoms with E-state index in [1.54, 1.807) is 35.4 Å². The molecule has 4 rings (SSSR count). The lowest BCUT2D eigenvalue weighted by Gasteiger charge is -2.35. The summed E-state index contributed by atoms with van der Waals surface area (Å²) in [5, 5.41) is 0.575. The van der Waals surface area contributed by atoms with Gasteiger partial charge < -0.3 is 9.80 Å². The van der Waals surface area contributed by atoms with E-state index in [4.69, 9.17) is 11.6 Å². The third-order valence-electron chi connectivity index (χ3n) is 5.11. The van der Waals surface area contributed by atoms with E-state index < -0.39 is 15.8 Å². The van der Waals surface area contributed by atoms with Crippen LogP contribution in [0.1, 0.15) is 10.4 Å². The molecule has 3 aromatic rings. The number of rotatable bonds is 5. The molecule has 1 fully saturated rings. The van der Waals surface area contributed by atoms with Crippen LogP contribution in [0.4, 0.5) is 15.9 Å². The predicted octanol–water partition coefficient (Wildman–Crippen LogP) is 3.64. The molecule has 1 N–H and O–H groups in total. The molecule has 7 nitrogen and oxygen atoms in total. The number of piperazine rings is 1. The first-order valence-corrected chi connectivity index (χ1v) is 11.7. The van der Waals surface area contributed by atoms with E-state index in [1.807, 2.05) is 4.90 Å². The Morgan fingerprint density at radius 3 is 2.25 bits per heavy atom. The van der Waals surface area contributed by atoms with E-state index in [9.17, 15) is 17.6 Å². The SMILES string of the molecule is O=C(c1ccc(NS(=O)(=O)c2ccc(F)cc2)cc1)N1CCN(c2ncccc2Cl)CC1. The molecule has 1 amide bonds. The van der Waals surface area contributed by atoms with Gasteiger partial charge in [-0.25, -0.2) is 17.8 Å². The molecule has 0 unspecified atom stereocenters. The maximum absolute atomic E-state index is 13.0. The van der Waals surface area contributed by atoms with Crippen molar-refractivity contribution in [1.29, 1.82) is 0 Å². The van der Waals surface area contributed by atoms with Gasteiger partial charge >= 0.3 is 0 Å². The Morgan fingerprint density at radius 2 is 1.62 bits per heavy atom. The molecule has 0 bridgehead atoms. The predicted molar refractivity (Wildman–Crippen MR) is 121 cm³/mol. The molecule has 0 spiro atoms. The van der Waals surface area contributed by atoms with Crippen LogP contribution in [0, 0.1) is 5.82 Å². The highest BCUT2D eigenvalue weighted by Crippen LogP contribution is 2.24. The van der Waals surface area contributed by atoms with Crippen LogP contribution in [0.5, 0.6) is 0 Å². The van der Waals surface area contributed by atoms with Crippen LogP contribution in [0.15, 0.2) is 71.8 Å². The summed E-state index contributed by atoms with van der Waals surface area (Å²) in [5.41, 5.74) is 0.763. The number of nitrogens with zero attached hydrogens (tertiary/aromatic N) is 3. The van der Waals surface area contributed by atoms with Gasteiger partial charge in [-0.2, -0.15) is 0 Å². The molecule has 0 saturated carbocycles. The van der Waals surface area contributed by atoms with Crippen molar-refractivity contribution in [2.24, 2.45) is 0 Å². The van der Waals surface area contributed by atoms with Crippen LogP contribution >= 0.6 is 11.6 Å². The molecule has 1 aromatic heterocycles. The van der Waals surface area contributed by atoms with Gasteiger partial charge in [0, 0.05) is 43.6 Å². The second-order valence-corrected chi connectivity index (χ2v) is 9.31. The molecule has 1 aliphatic rings. The quantitative estimate of drug-likeness (QED) is 0.610. The van der Waals surface area contributed by atoms with E-state index in [0.29, 0.717) is 48.3 Å². The fraction of sp³-hybridized carbons (Fsp3) is 0.182. The van der Waals surface area contributed by atoms with Crippen LogP contribution in [0.2, 0.25) is 5.02 Å². The second-order valence-electron chi connectivity index (χ2n) is 7.22. The standard InChI is InChI=1S/C22H20ClFN4O3S/c23-20-2-1-11-25-21(20)27-12-14-28(15-13-27)22(29)16-3-7-18(8-4-16)26-32(30,31)19-9-5-17(24)6-10-19/h1-11,26H,12-15H2. The van der Waals surface area contributed by atoms with Crippen LogP contribution in [-0.4, -0.2) is 50.4 Å². The third kappa shape index (κ3) is 4.84. The van der Waals surface area contributed by atoms with Gasteiger partial charge in [0.15, 0.2) is 0 Å². The highest BCUT2D eigenvalue weighted by atomic mass is 35.5. The summed E-state index contributed by atoms with van der Waals surface area (Å²) in [6, 6.07) is 14.3. The van der Waals surface area contributed by atoms with E-state index >= 15 is 0 Å². The molecule has 0 atom stereocenters. The normalized spacial score (nSPS) is 14.3. The first kappa shape index (κ1) is 22.0. The zero-order chi connectivity index (χ0) is 22.7. The minimum Gasteiger partial charge on any atom is -0.352 e. The van der Waals surface area contributed by atoms with Crippen molar-refractivity contribution >= 4 is 39.0 Å². The Bertz CT molecular complexity index is 1210. The lowest BCUT2D eigenvalue weighted by molar-refractivity contribution is 0.0746. The summed E-state index contributed by atoms with van der Waals surface area (Å²) >= 11 is 6.21. The molecule has 0 aliphatic carbocycles. The molecular weight excluding hydrogens is 455 g/mol. The van der Waals surface area contributed by atoms with Gasteiger partial charge in [0.25, 0.3) is 15.9 Å². The molecule has 1 aliphatic heterocycles. The number of aromatic nitrogens is 1. The number of sulfonamides is 1. The lowest BCUT2D eigenvalue weighted by Crippen LogP contribution is -2.49. The summed E-state index contributed by atoms with van der Waals surface area (Å²) < 4.78 is 40.3. The van der Waals surface area contributed by atoms with Crippen molar-refractivity contribution in [3.05, 3.63) is 83.3 Å². The molecular formula is C22H20ClFN4O3S. The first-order valence-electron chi connectivity index (χ1n) is 9.87. The van der Waals surface area contributed by atoms with Crippen molar-refractivity contribution in [3.8, 4) is 0 Å². The lowest BCUT2D eigenvalue weighted by atomic mass is 10.1. The van der Waals surface area contributed by atoms with Gasteiger partial charge in [-0.05, 0) is 60.7 Å². The maximum atomic E-state index is 13.0. The van der Waals surface area contributed by atoms with Crippen LogP contribution in [0.3, 0.4) is 0 Å². The fourth-order valence-corrected chi connectivity index (χ4v) is 4.72. The van der Waals surface area contributed by atoms with Gasteiger partial charge in [0.05, 0.1) is 9.92 Å². The molecule has 0 radical (unpaired) electrons. The number of pyridine rings is 1. The number of carbonyl (C=O) groups excluding carboxylic acids is 1. The van der Waals surface area contributed by atoms with Crippen molar-refractivity contribution in [2.75, 3.05) is 35.8 Å². The summed E-state index contributed by atoms with van der Waals surface area (Å²) in [5.74, 6) is 0.0551. The number of anilines is 2. The molecule has 1 saturated heterocycles. The highest BCUT2D eigenvalue weighted by molar-refractivity contribution is 7.92. The van der Waals surface area contributed by atoms with Crippen LogP contribution in [-0.2, 0) is 10.0 Å². The number of hydrogen-bond donors (Lipinski definition) is 1. The van der Waals surface area contributed by atoms with Gasteiger partial charge in [0.2, 0.25) is 0 Å². The Hall–Kier alpha value is -3.17. The summed E-state index contributed by atoms with van der Waals surface area (Å²) in [4.78, 5) is 20.9. The summed E-state index contributed by atoms with van der Waals surface area (Å²) in [6.07, 6.45) is 1.69. The fourth-order valence-electron chi connectivity index (χ4n) is 3.42.